The third-order valence-corrected chi connectivity index (χ3v) is 13.3. The number of hydrogen-bond donors (Lipinski definition) is 1. The van der Waals surface area contributed by atoms with Gasteiger partial charge in [0.25, 0.3) is 0 Å². The van der Waals surface area contributed by atoms with Crippen LogP contribution in [-0.4, -0.2) is 91.2 Å². The van der Waals surface area contributed by atoms with E-state index in [-0.39, 0.29) is 0 Å². The molecular formula is C51H47N13. The third-order valence-electron chi connectivity index (χ3n) is 13.3. The topological polar surface area (TPSA) is 142 Å². The van der Waals surface area contributed by atoms with Crippen LogP contribution < -0.4 is 15.5 Å². The van der Waals surface area contributed by atoms with Gasteiger partial charge in [-0.3, -0.25) is 9.13 Å². The zero-order chi connectivity index (χ0) is 43.5. The van der Waals surface area contributed by atoms with Crippen molar-refractivity contribution in [2.45, 2.75) is 32.0 Å². The Morgan fingerprint density at radius 1 is 0.734 bits per heavy atom. The second kappa shape index (κ2) is 15.9. The molecule has 0 spiro atoms. The smallest absolute Gasteiger partial charge is 0.185 e. The lowest BCUT2D eigenvalue weighted by atomic mass is 10.1. The van der Waals surface area contributed by atoms with Gasteiger partial charge in [0.05, 0.1) is 46.0 Å². The van der Waals surface area contributed by atoms with Gasteiger partial charge >= 0.3 is 0 Å². The number of imidazole rings is 1. The van der Waals surface area contributed by atoms with Crippen LogP contribution in [0.3, 0.4) is 0 Å². The number of fused-ring (bicyclic) bond motifs is 10. The van der Waals surface area contributed by atoms with Gasteiger partial charge in [0, 0.05) is 105 Å². The zero-order valence-corrected chi connectivity index (χ0v) is 35.9. The first-order valence-electron chi connectivity index (χ1n) is 21.9. The lowest BCUT2D eigenvalue weighted by Gasteiger charge is -2.26. The maximum atomic E-state index is 9.45. The molecule has 3 aliphatic rings. The van der Waals surface area contributed by atoms with E-state index in [1.165, 1.54) is 11.3 Å². The highest BCUT2D eigenvalue weighted by atomic mass is 15.3. The van der Waals surface area contributed by atoms with Crippen molar-refractivity contribution in [2.75, 3.05) is 56.6 Å². The number of benzene rings is 4. The Hall–Kier alpha value is -7.71. The third kappa shape index (κ3) is 6.83. The van der Waals surface area contributed by atoms with E-state index in [9.17, 15) is 10.5 Å². The summed E-state index contributed by atoms with van der Waals surface area (Å²) in [6.07, 6.45) is 10.1. The van der Waals surface area contributed by atoms with Crippen LogP contribution in [0.15, 0.2) is 122 Å². The second-order valence-corrected chi connectivity index (χ2v) is 17.3. The molecule has 13 nitrogen and oxygen atoms in total. The number of likely N-dealkylation sites (N-methyl/N-ethyl adjacent to an activating group) is 1. The van der Waals surface area contributed by atoms with Crippen molar-refractivity contribution in [3.8, 4) is 68.8 Å². The molecule has 316 valence electrons. The number of nitrogens with two attached hydrogens (primary N) is 1. The van der Waals surface area contributed by atoms with Crippen molar-refractivity contribution in [1.29, 1.82) is 10.5 Å². The Labute approximate surface area is 372 Å². The summed E-state index contributed by atoms with van der Waals surface area (Å²) >= 11 is 0. The Balaban J connectivity index is 0.929. The van der Waals surface area contributed by atoms with Crippen molar-refractivity contribution in [3.63, 3.8) is 0 Å². The standard InChI is InChI=1S/C51H47N13/c1-58(2)45-16-19-60(32-45)43-12-14-47-41(22-43)31-61-28-38(36-7-3-34(25-53)4-8-36)23-48(61)50-55-27-44(64(47)50)15-18-59(20-17-52)42-11-13-46-40(21-42)30-62-29-39(37-9-5-35(26-54)6-10-37)24-49(62)51-57-56-33-63(46)51/h3-14,21-24,27-29,33,45H,15-20,30-32,52H2,1-2H3/t45-/m0/s1. The molecule has 7 heterocycles. The molecule has 13 heteroatoms. The Kier molecular flexibility index (Phi) is 9.72. The minimum absolute atomic E-state index is 0.509. The van der Waals surface area contributed by atoms with Crippen LogP contribution in [0.5, 0.6) is 0 Å². The monoisotopic (exact) mass is 841 g/mol. The van der Waals surface area contributed by atoms with Gasteiger partial charge < -0.3 is 29.6 Å². The van der Waals surface area contributed by atoms with Gasteiger partial charge in [-0.25, -0.2) is 4.98 Å². The fourth-order valence-corrected chi connectivity index (χ4v) is 9.83. The number of hydrogen-bond acceptors (Lipinski definition) is 9. The van der Waals surface area contributed by atoms with Crippen LogP contribution in [0.4, 0.5) is 11.4 Å². The van der Waals surface area contributed by atoms with Crippen molar-refractivity contribution >= 4 is 11.4 Å². The molecule has 4 aromatic carbocycles. The maximum absolute atomic E-state index is 9.45. The molecular weight excluding hydrogens is 795 g/mol. The van der Waals surface area contributed by atoms with Crippen LogP contribution in [0, 0.1) is 22.7 Å². The Bertz CT molecular complexity index is 3130. The van der Waals surface area contributed by atoms with Gasteiger partial charge in [0.15, 0.2) is 11.6 Å². The highest BCUT2D eigenvalue weighted by molar-refractivity contribution is 5.74. The first kappa shape index (κ1) is 39.2. The van der Waals surface area contributed by atoms with Gasteiger partial charge in [-0.05, 0) is 116 Å². The predicted octanol–water partition coefficient (Wildman–Crippen LogP) is 7.34. The highest BCUT2D eigenvalue weighted by Crippen LogP contribution is 2.39. The summed E-state index contributed by atoms with van der Waals surface area (Å²) in [5.74, 6) is 1.70. The number of nitriles is 2. The van der Waals surface area contributed by atoms with Gasteiger partial charge in [-0.1, -0.05) is 24.3 Å². The van der Waals surface area contributed by atoms with Gasteiger partial charge in [-0.15, -0.1) is 10.2 Å². The molecule has 0 saturated carbocycles. The molecule has 0 amide bonds. The molecule has 8 aromatic rings. The molecule has 64 heavy (non-hydrogen) atoms. The normalized spacial score (nSPS) is 14.7. The average molecular weight is 842 g/mol. The van der Waals surface area contributed by atoms with Crippen molar-refractivity contribution in [2.24, 2.45) is 5.73 Å². The van der Waals surface area contributed by atoms with Crippen LogP contribution in [0.1, 0.15) is 34.4 Å². The second-order valence-electron chi connectivity index (χ2n) is 17.3. The number of nitrogens with zero attached hydrogens (tertiary/aromatic N) is 12. The largest absolute Gasteiger partial charge is 0.370 e. The van der Waals surface area contributed by atoms with Crippen molar-refractivity contribution in [1.82, 2.24) is 38.3 Å². The quantitative estimate of drug-likeness (QED) is 0.150. The molecule has 1 saturated heterocycles. The Morgan fingerprint density at radius 3 is 2.03 bits per heavy atom. The fraction of sp³-hybridized carbons (Fsp3) is 0.235. The molecule has 3 aliphatic heterocycles. The SMILES string of the molecule is CN(C)[C@H]1CCN(c2ccc3c(c2)Cn2cc(-c4ccc(C#N)cc4)cc2-c2ncc(CCN(CCN)c4ccc5c(c4)Cn4cc(-c6ccc(C#N)cc6)cc4-c4nncn4-5)n2-3)C1. The minimum atomic E-state index is 0.509. The Morgan fingerprint density at radius 2 is 1.39 bits per heavy atom. The number of anilines is 2. The van der Waals surface area contributed by atoms with E-state index >= 15 is 0 Å². The molecule has 11 rings (SSSR count). The molecule has 2 N–H and O–H groups in total. The number of aromatic nitrogens is 7. The van der Waals surface area contributed by atoms with Crippen LogP contribution >= 0.6 is 0 Å². The molecule has 0 unspecified atom stereocenters. The predicted molar refractivity (Wildman–Crippen MR) is 250 cm³/mol. The molecule has 0 bridgehead atoms. The van der Waals surface area contributed by atoms with E-state index in [1.807, 2.05) is 54.7 Å². The maximum Gasteiger partial charge on any atom is 0.185 e. The summed E-state index contributed by atoms with van der Waals surface area (Å²) in [5.41, 5.74) is 22.0. The van der Waals surface area contributed by atoms with E-state index in [1.54, 1.807) is 6.33 Å². The van der Waals surface area contributed by atoms with E-state index < -0.39 is 0 Å². The first-order chi connectivity index (χ1) is 31.3. The van der Waals surface area contributed by atoms with Gasteiger partial charge in [-0.2, -0.15) is 10.5 Å². The average Bonchev–Trinajstić information content (AvgIpc) is 4.18. The van der Waals surface area contributed by atoms with Crippen LogP contribution in [0.2, 0.25) is 0 Å². The summed E-state index contributed by atoms with van der Waals surface area (Å²) in [7, 11) is 4.35. The van der Waals surface area contributed by atoms with Crippen molar-refractivity contribution < 1.29 is 0 Å². The minimum Gasteiger partial charge on any atom is -0.370 e. The molecule has 1 fully saturated rings. The molecule has 0 radical (unpaired) electrons. The lowest BCUT2D eigenvalue weighted by molar-refractivity contribution is 0.315. The van der Waals surface area contributed by atoms with Crippen molar-refractivity contribution in [3.05, 3.63) is 150 Å². The van der Waals surface area contributed by atoms with E-state index in [0.717, 1.165) is 106 Å². The molecule has 1 atom stereocenters. The van der Waals surface area contributed by atoms with E-state index in [4.69, 9.17) is 10.7 Å². The summed E-state index contributed by atoms with van der Waals surface area (Å²) in [5, 5.41) is 27.7. The fourth-order valence-electron chi connectivity index (χ4n) is 9.83. The molecule has 0 aliphatic carbocycles. The zero-order valence-electron chi connectivity index (χ0n) is 35.9. The van der Waals surface area contributed by atoms with Gasteiger partial charge in [0.2, 0.25) is 0 Å². The molecule has 4 aromatic heterocycles. The summed E-state index contributed by atoms with van der Waals surface area (Å²) in [4.78, 5) is 12.4. The summed E-state index contributed by atoms with van der Waals surface area (Å²) in [6.45, 7) is 5.35. The number of rotatable bonds is 10. The summed E-state index contributed by atoms with van der Waals surface area (Å²) < 4.78 is 9.02. The first-order valence-corrected chi connectivity index (χ1v) is 21.9. The van der Waals surface area contributed by atoms with Gasteiger partial charge in [0.1, 0.15) is 6.33 Å². The van der Waals surface area contributed by atoms with Crippen LogP contribution in [0.25, 0.3) is 56.7 Å². The van der Waals surface area contributed by atoms with E-state index in [2.05, 4.69) is 130 Å². The highest BCUT2D eigenvalue weighted by Gasteiger charge is 2.29. The lowest BCUT2D eigenvalue weighted by Crippen LogP contribution is -2.32. The van der Waals surface area contributed by atoms with E-state index in [0.29, 0.717) is 43.3 Å². The summed E-state index contributed by atoms with van der Waals surface area (Å²) in [6, 6.07) is 38.5. The van der Waals surface area contributed by atoms with Crippen LogP contribution in [-0.2, 0) is 19.5 Å².